The molecule has 6 nitrogen and oxygen atoms in total. The first-order valence-corrected chi connectivity index (χ1v) is 15.2. The molecule has 2 aliphatic rings. The number of sulfonamides is 1. The van der Waals surface area contributed by atoms with Crippen molar-refractivity contribution in [2.75, 3.05) is 26.2 Å². The quantitative estimate of drug-likeness (QED) is 0.382. The van der Waals surface area contributed by atoms with E-state index < -0.39 is 10.0 Å². The first kappa shape index (κ1) is 25.6. The Balaban J connectivity index is 1.47. The number of aryl methyl sites for hydroxylation is 1. The van der Waals surface area contributed by atoms with Gasteiger partial charge in [0.2, 0.25) is 15.9 Å². The number of ether oxygens (including phenoxy) is 1. The topological polar surface area (TPSA) is 66.9 Å². The van der Waals surface area contributed by atoms with E-state index in [0.29, 0.717) is 13.2 Å². The molecule has 2 aromatic carbocycles. The maximum atomic E-state index is 13.9. The molecular formula is C27H29BrN2O4S2. The molecule has 1 saturated heterocycles. The second-order valence-corrected chi connectivity index (χ2v) is 13.1. The van der Waals surface area contributed by atoms with Crippen LogP contribution in [0.1, 0.15) is 40.5 Å². The van der Waals surface area contributed by atoms with Crippen LogP contribution in [-0.4, -0.2) is 55.9 Å². The van der Waals surface area contributed by atoms with Crippen molar-refractivity contribution in [1.82, 2.24) is 9.21 Å². The van der Waals surface area contributed by atoms with Gasteiger partial charge in [-0.3, -0.25) is 4.79 Å². The molecule has 1 amide bonds. The number of thiophene rings is 1. The van der Waals surface area contributed by atoms with Crippen molar-refractivity contribution in [2.45, 2.75) is 43.2 Å². The van der Waals surface area contributed by atoms with Gasteiger partial charge in [-0.25, -0.2) is 8.42 Å². The predicted octanol–water partition coefficient (Wildman–Crippen LogP) is 5.16. The van der Waals surface area contributed by atoms with Gasteiger partial charge in [0.25, 0.3) is 0 Å². The number of hydrogen-bond acceptors (Lipinski definition) is 5. The summed E-state index contributed by atoms with van der Waals surface area (Å²) in [6.07, 6.45) is 2.24. The number of carbonyl (C=O) groups excluding carboxylic acids is 1. The van der Waals surface area contributed by atoms with E-state index in [4.69, 9.17) is 4.74 Å². The van der Waals surface area contributed by atoms with Crippen LogP contribution in [0.4, 0.5) is 0 Å². The van der Waals surface area contributed by atoms with E-state index in [-0.39, 0.29) is 36.0 Å². The van der Waals surface area contributed by atoms with Crippen LogP contribution in [0, 0.1) is 6.92 Å². The SMILES string of the molecule is Cc1ccccc1C1c2ccsc2CCN1C(=O)CN(CC1CCCO1)S(=O)(=O)c1ccc(Br)cc1. The van der Waals surface area contributed by atoms with Crippen LogP contribution in [0.25, 0.3) is 0 Å². The summed E-state index contributed by atoms with van der Waals surface area (Å²) in [5.41, 5.74) is 3.32. The van der Waals surface area contributed by atoms with E-state index in [2.05, 4.69) is 46.4 Å². The van der Waals surface area contributed by atoms with Crippen molar-refractivity contribution in [2.24, 2.45) is 0 Å². The zero-order chi connectivity index (χ0) is 25.3. The molecule has 0 bridgehead atoms. The molecule has 1 fully saturated rings. The highest BCUT2D eigenvalue weighted by molar-refractivity contribution is 9.10. The van der Waals surface area contributed by atoms with Gasteiger partial charge in [0.05, 0.1) is 23.6 Å². The third-order valence-corrected chi connectivity index (χ3v) is 10.3. The van der Waals surface area contributed by atoms with Crippen molar-refractivity contribution < 1.29 is 17.9 Å². The van der Waals surface area contributed by atoms with E-state index >= 15 is 0 Å². The van der Waals surface area contributed by atoms with Gasteiger partial charge in [-0.05, 0) is 78.6 Å². The van der Waals surface area contributed by atoms with Crippen molar-refractivity contribution in [3.8, 4) is 0 Å². The van der Waals surface area contributed by atoms with Gasteiger partial charge in [-0.15, -0.1) is 11.3 Å². The minimum atomic E-state index is -3.89. The number of rotatable bonds is 7. The molecule has 1 aromatic heterocycles. The average Bonchev–Trinajstić information content (AvgIpc) is 3.56. The van der Waals surface area contributed by atoms with Crippen LogP contribution in [0.5, 0.6) is 0 Å². The highest BCUT2D eigenvalue weighted by Gasteiger charge is 2.37. The van der Waals surface area contributed by atoms with Crippen LogP contribution in [0.15, 0.2) is 69.3 Å². The van der Waals surface area contributed by atoms with E-state index in [9.17, 15) is 13.2 Å². The molecule has 2 unspecified atom stereocenters. The third-order valence-electron chi connectivity index (χ3n) is 6.96. The molecule has 0 spiro atoms. The maximum Gasteiger partial charge on any atom is 0.243 e. The molecule has 3 heterocycles. The van der Waals surface area contributed by atoms with Gasteiger partial charge < -0.3 is 9.64 Å². The van der Waals surface area contributed by atoms with E-state index in [0.717, 1.165) is 40.4 Å². The summed E-state index contributed by atoms with van der Waals surface area (Å²) < 4.78 is 35.3. The van der Waals surface area contributed by atoms with Crippen molar-refractivity contribution in [3.63, 3.8) is 0 Å². The fourth-order valence-electron chi connectivity index (χ4n) is 5.07. The Morgan fingerprint density at radius 1 is 1.14 bits per heavy atom. The highest BCUT2D eigenvalue weighted by atomic mass is 79.9. The lowest BCUT2D eigenvalue weighted by Gasteiger charge is -2.38. The number of hydrogen-bond donors (Lipinski definition) is 0. The molecule has 2 atom stereocenters. The van der Waals surface area contributed by atoms with Crippen LogP contribution < -0.4 is 0 Å². The number of amides is 1. The van der Waals surface area contributed by atoms with Gasteiger partial charge in [0.15, 0.2) is 0 Å². The van der Waals surface area contributed by atoms with Gasteiger partial charge in [0, 0.05) is 29.0 Å². The normalized spacial score (nSPS) is 20.0. The Morgan fingerprint density at radius 2 is 1.92 bits per heavy atom. The summed E-state index contributed by atoms with van der Waals surface area (Å²) in [6.45, 7) is 3.17. The fraction of sp³-hybridized carbons (Fsp3) is 0.370. The van der Waals surface area contributed by atoms with Crippen molar-refractivity contribution in [3.05, 3.63) is 86.0 Å². The van der Waals surface area contributed by atoms with E-state index in [1.54, 1.807) is 35.6 Å². The summed E-state index contributed by atoms with van der Waals surface area (Å²) in [4.78, 5) is 17.2. The smallest absolute Gasteiger partial charge is 0.243 e. The second kappa shape index (κ2) is 10.8. The molecule has 0 saturated carbocycles. The lowest BCUT2D eigenvalue weighted by molar-refractivity contribution is -0.133. The van der Waals surface area contributed by atoms with Crippen LogP contribution in [-0.2, 0) is 26.0 Å². The average molecular weight is 590 g/mol. The van der Waals surface area contributed by atoms with Gasteiger partial charge in [0.1, 0.15) is 0 Å². The number of carbonyl (C=O) groups is 1. The molecule has 0 aliphatic carbocycles. The largest absolute Gasteiger partial charge is 0.377 e. The van der Waals surface area contributed by atoms with Crippen molar-refractivity contribution >= 4 is 43.2 Å². The monoisotopic (exact) mass is 588 g/mol. The number of fused-ring (bicyclic) bond motifs is 1. The number of benzene rings is 2. The first-order chi connectivity index (χ1) is 17.3. The summed E-state index contributed by atoms with van der Waals surface area (Å²) in [6, 6.07) is 16.5. The zero-order valence-electron chi connectivity index (χ0n) is 20.1. The predicted molar refractivity (Wildman–Crippen MR) is 145 cm³/mol. The molecule has 190 valence electrons. The van der Waals surface area contributed by atoms with Gasteiger partial charge >= 0.3 is 0 Å². The highest BCUT2D eigenvalue weighted by Crippen LogP contribution is 2.39. The van der Waals surface area contributed by atoms with Crippen LogP contribution in [0.2, 0.25) is 0 Å². The number of nitrogens with zero attached hydrogens (tertiary/aromatic N) is 2. The molecule has 3 aromatic rings. The summed E-state index contributed by atoms with van der Waals surface area (Å²) >= 11 is 5.09. The Hall–Kier alpha value is -2.04. The van der Waals surface area contributed by atoms with Crippen molar-refractivity contribution in [1.29, 1.82) is 0 Å². The Bertz CT molecular complexity index is 1330. The molecule has 0 N–H and O–H groups in total. The van der Waals surface area contributed by atoms with E-state index in [1.165, 1.54) is 9.18 Å². The summed E-state index contributed by atoms with van der Waals surface area (Å²) in [7, 11) is -3.89. The Morgan fingerprint density at radius 3 is 2.64 bits per heavy atom. The van der Waals surface area contributed by atoms with E-state index in [1.807, 2.05) is 17.0 Å². The lowest BCUT2D eigenvalue weighted by atomic mass is 9.90. The molecule has 9 heteroatoms. The van der Waals surface area contributed by atoms with Crippen LogP contribution in [0.3, 0.4) is 0 Å². The molecule has 0 radical (unpaired) electrons. The Labute approximate surface area is 225 Å². The minimum Gasteiger partial charge on any atom is -0.377 e. The van der Waals surface area contributed by atoms with Gasteiger partial charge in [-0.2, -0.15) is 4.31 Å². The standard InChI is InChI=1S/C27H29BrN2O4S2/c1-19-5-2-3-7-23(19)27-24-13-16-35-25(24)12-14-30(27)26(31)18-29(17-21-6-4-15-34-21)36(32,33)22-10-8-20(28)9-11-22/h2-3,5,7-11,13,16,21,27H,4,6,12,14-15,17-18H2,1H3. The zero-order valence-corrected chi connectivity index (χ0v) is 23.3. The maximum absolute atomic E-state index is 13.9. The lowest BCUT2D eigenvalue weighted by Crippen LogP contribution is -2.48. The Kier molecular flexibility index (Phi) is 7.65. The first-order valence-electron chi connectivity index (χ1n) is 12.1. The molecular weight excluding hydrogens is 560 g/mol. The molecule has 2 aliphatic heterocycles. The van der Waals surface area contributed by atoms with Crippen LogP contribution >= 0.6 is 27.3 Å². The molecule has 5 rings (SSSR count). The fourth-order valence-corrected chi connectivity index (χ4v) is 7.66. The summed E-state index contributed by atoms with van der Waals surface area (Å²) in [5.74, 6) is -0.196. The third kappa shape index (κ3) is 5.17. The number of halogens is 1. The van der Waals surface area contributed by atoms with Gasteiger partial charge in [-0.1, -0.05) is 40.2 Å². The summed E-state index contributed by atoms with van der Waals surface area (Å²) in [5, 5.41) is 2.08. The minimum absolute atomic E-state index is 0.163. The second-order valence-electron chi connectivity index (χ2n) is 9.28. The molecule has 36 heavy (non-hydrogen) atoms.